The molecule has 1 fully saturated rings. The average Bonchev–Trinajstić information content (AvgIpc) is 2.87. The predicted octanol–water partition coefficient (Wildman–Crippen LogP) is 7.16. The lowest BCUT2D eigenvalue weighted by Crippen LogP contribution is -2.47. The molecule has 5 heteroatoms. The normalized spacial score (nSPS) is 15.9. The minimum atomic E-state index is -0.305. The lowest BCUT2D eigenvalue weighted by atomic mass is 9.87. The number of amides is 2. The van der Waals surface area contributed by atoms with Crippen LogP contribution in [0.4, 0.5) is 5.69 Å². The Balaban J connectivity index is 1.57. The first-order valence-electron chi connectivity index (χ1n) is 14.8. The molecule has 0 saturated carbocycles. The van der Waals surface area contributed by atoms with Crippen LogP contribution in [0.5, 0.6) is 0 Å². The second kappa shape index (κ2) is 13.1. The molecule has 0 bridgehead atoms. The number of rotatable bonds is 9. The van der Waals surface area contributed by atoms with Crippen molar-refractivity contribution < 1.29 is 9.59 Å². The molecule has 1 aliphatic rings. The second-order valence-corrected chi connectivity index (χ2v) is 13.5. The maximum absolute atomic E-state index is 12.9. The minimum absolute atomic E-state index is 0.0638. The van der Waals surface area contributed by atoms with Gasteiger partial charge in [0.1, 0.15) is 0 Å². The fourth-order valence-electron chi connectivity index (χ4n) is 5.47. The molecule has 0 aliphatic carbocycles. The van der Waals surface area contributed by atoms with Crippen LogP contribution < -0.4 is 5.32 Å². The number of nitrogens with zero attached hydrogens (tertiary/aromatic N) is 2. The van der Waals surface area contributed by atoms with Gasteiger partial charge in [-0.2, -0.15) is 0 Å². The van der Waals surface area contributed by atoms with E-state index in [1.165, 1.54) is 11.1 Å². The molecule has 1 N–H and O–H groups in total. The van der Waals surface area contributed by atoms with Crippen LogP contribution in [0.2, 0.25) is 0 Å². The molecule has 0 radical (unpaired) electrons. The molecule has 39 heavy (non-hydrogen) atoms. The first-order chi connectivity index (χ1) is 18.3. The van der Waals surface area contributed by atoms with E-state index in [4.69, 9.17) is 0 Å². The molecule has 1 unspecified atom stereocenters. The fourth-order valence-corrected chi connectivity index (χ4v) is 5.47. The molecule has 0 aromatic heterocycles. The van der Waals surface area contributed by atoms with E-state index in [0.29, 0.717) is 17.5 Å². The van der Waals surface area contributed by atoms with Gasteiger partial charge in [-0.1, -0.05) is 72.7 Å². The molecule has 0 spiro atoms. The van der Waals surface area contributed by atoms with Crippen molar-refractivity contribution in [3.63, 3.8) is 0 Å². The summed E-state index contributed by atoms with van der Waals surface area (Å²) in [7, 11) is 0. The maximum Gasteiger partial charge on any atom is 0.255 e. The minimum Gasteiger partial charge on any atom is -0.342 e. The van der Waals surface area contributed by atoms with Crippen LogP contribution in [0.3, 0.4) is 0 Å². The van der Waals surface area contributed by atoms with Gasteiger partial charge in [0.15, 0.2) is 0 Å². The van der Waals surface area contributed by atoms with Gasteiger partial charge in [0, 0.05) is 42.3 Å². The Kier molecular flexibility index (Phi) is 10.4. The Morgan fingerprint density at radius 3 is 2.21 bits per heavy atom. The molecule has 214 valence electrons. The Bertz CT molecular complexity index is 1090. The van der Waals surface area contributed by atoms with Crippen molar-refractivity contribution in [2.75, 3.05) is 31.5 Å². The average molecular weight is 534 g/mol. The van der Waals surface area contributed by atoms with Gasteiger partial charge in [-0.15, -0.1) is 0 Å². The molecule has 3 rings (SSSR count). The predicted molar refractivity (Wildman–Crippen MR) is 163 cm³/mol. The molecule has 1 saturated heterocycles. The van der Waals surface area contributed by atoms with Crippen molar-refractivity contribution in [2.45, 2.75) is 92.5 Å². The van der Waals surface area contributed by atoms with Gasteiger partial charge in [0.05, 0.1) is 0 Å². The number of carbonyl (C=O) groups is 2. The number of hydrogen-bond donors (Lipinski definition) is 1. The van der Waals surface area contributed by atoms with Gasteiger partial charge in [-0.05, 0) is 85.9 Å². The highest BCUT2D eigenvalue weighted by Gasteiger charge is 2.31. The van der Waals surface area contributed by atoms with Crippen LogP contribution in [0.1, 0.15) is 96.1 Å². The molecule has 1 atom stereocenters. The van der Waals surface area contributed by atoms with Crippen LogP contribution >= 0.6 is 0 Å². The number of anilines is 1. The van der Waals surface area contributed by atoms with E-state index in [2.05, 4.69) is 61.9 Å². The highest BCUT2D eigenvalue weighted by atomic mass is 16.2. The zero-order chi connectivity index (χ0) is 28.8. The zero-order valence-corrected chi connectivity index (χ0v) is 25.6. The number of nitrogens with one attached hydrogen (secondary N) is 1. The topological polar surface area (TPSA) is 52.6 Å². The number of likely N-dealkylation sites (tertiary alicyclic amines) is 1. The molecule has 1 aliphatic heterocycles. The van der Waals surface area contributed by atoms with Gasteiger partial charge in [-0.25, -0.2) is 0 Å². The molecule has 2 amide bonds. The molecular weight excluding hydrogens is 482 g/mol. The quantitative estimate of drug-likeness (QED) is 0.372. The molecular formula is C34H51N3O2. The number of benzene rings is 2. The van der Waals surface area contributed by atoms with E-state index < -0.39 is 0 Å². The largest absolute Gasteiger partial charge is 0.342 e. The summed E-state index contributed by atoms with van der Waals surface area (Å²) in [6, 6.07) is 16.6. The van der Waals surface area contributed by atoms with Gasteiger partial charge >= 0.3 is 0 Å². The number of hydrogen-bond acceptors (Lipinski definition) is 3. The second-order valence-electron chi connectivity index (χ2n) is 13.5. The number of carbonyl (C=O) groups excluding carboxylic acids is 2. The third kappa shape index (κ3) is 8.93. The van der Waals surface area contributed by atoms with E-state index in [1.54, 1.807) is 0 Å². The zero-order valence-electron chi connectivity index (χ0n) is 25.6. The van der Waals surface area contributed by atoms with Gasteiger partial charge in [0.25, 0.3) is 5.91 Å². The van der Waals surface area contributed by atoms with E-state index in [0.717, 1.165) is 57.5 Å². The third-order valence-corrected chi connectivity index (χ3v) is 7.90. The summed E-state index contributed by atoms with van der Waals surface area (Å²) in [5.41, 5.74) is 3.72. The van der Waals surface area contributed by atoms with Crippen LogP contribution in [0.25, 0.3) is 0 Å². The monoisotopic (exact) mass is 533 g/mol. The van der Waals surface area contributed by atoms with Crippen molar-refractivity contribution >= 4 is 17.5 Å². The van der Waals surface area contributed by atoms with Crippen molar-refractivity contribution in [2.24, 2.45) is 11.3 Å². The SMILES string of the molecule is CCCN(CC1CCN(C(=O)C(C)(C)C)CC1)C(C)Cc1cccc(NC(=O)c2ccc(C(C)(C)C)cc2)c1. The van der Waals surface area contributed by atoms with Crippen LogP contribution in [0.15, 0.2) is 48.5 Å². The van der Waals surface area contributed by atoms with Crippen LogP contribution in [-0.2, 0) is 16.6 Å². The summed E-state index contributed by atoms with van der Waals surface area (Å²) in [4.78, 5) is 30.3. The third-order valence-electron chi connectivity index (χ3n) is 7.90. The summed E-state index contributed by atoms with van der Waals surface area (Å²) in [5, 5.41) is 3.09. The van der Waals surface area contributed by atoms with E-state index >= 15 is 0 Å². The molecule has 2 aromatic rings. The Hall–Kier alpha value is -2.66. The lowest BCUT2D eigenvalue weighted by molar-refractivity contribution is -0.141. The van der Waals surface area contributed by atoms with Gasteiger partial charge in [0.2, 0.25) is 5.91 Å². The standard InChI is InChI=1S/C34H51N3O2/c1-9-19-37(24-26-17-20-36(21-18-26)32(39)34(6,7)8)25(2)22-27-11-10-12-30(23-27)35-31(38)28-13-15-29(16-14-28)33(3,4)5/h10-16,23,25-26H,9,17-22,24H2,1-8H3,(H,35,38). The van der Waals surface area contributed by atoms with Crippen molar-refractivity contribution in [3.8, 4) is 0 Å². The van der Waals surface area contributed by atoms with Gasteiger partial charge in [-0.3, -0.25) is 9.59 Å². The summed E-state index contributed by atoms with van der Waals surface area (Å²) < 4.78 is 0. The highest BCUT2D eigenvalue weighted by molar-refractivity contribution is 6.04. The van der Waals surface area contributed by atoms with E-state index in [1.807, 2.05) is 57.2 Å². The lowest BCUT2D eigenvalue weighted by Gasteiger charge is -2.39. The number of piperidine rings is 1. The highest BCUT2D eigenvalue weighted by Crippen LogP contribution is 2.26. The Morgan fingerprint density at radius 2 is 1.64 bits per heavy atom. The summed E-state index contributed by atoms with van der Waals surface area (Å²) in [6.45, 7) is 21.0. The van der Waals surface area contributed by atoms with Crippen molar-refractivity contribution in [3.05, 3.63) is 65.2 Å². The molecule has 5 nitrogen and oxygen atoms in total. The smallest absolute Gasteiger partial charge is 0.255 e. The summed E-state index contributed by atoms with van der Waals surface area (Å²) >= 11 is 0. The van der Waals surface area contributed by atoms with Crippen molar-refractivity contribution in [1.82, 2.24) is 9.80 Å². The van der Waals surface area contributed by atoms with Crippen LogP contribution in [0, 0.1) is 11.3 Å². The maximum atomic E-state index is 12.9. The van der Waals surface area contributed by atoms with Crippen molar-refractivity contribution in [1.29, 1.82) is 0 Å². The Morgan fingerprint density at radius 1 is 1.00 bits per heavy atom. The van der Waals surface area contributed by atoms with E-state index in [-0.39, 0.29) is 22.6 Å². The summed E-state index contributed by atoms with van der Waals surface area (Å²) in [6.07, 6.45) is 4.21. The van der Waals surface area contributed by atoms with E-state index in [9.17, 15) is 9.59 Å². The first kappa shape index (κ1) is 30.9. The van der Waals surface area contributed by atoms with Crippen LogP contribution in [-0.4, -0.2) is 53.8 Å². The van der Waals surface area contributed by atoms with Gasteiger partial charge < -0.3 is 15.1 Å². The summed E-state index contributed by atoms with van der Waals surface area (Å²) in [5.74, 6) is 0.816. The fraction of sp³-hybridized carbons (Fsp3) is 0.588. The first-order valence-corrected chi connectivity index (χ1v) is 14.8. The Labute approximate surface area is 237 Å². The molecule has 1 heterocycles. The molecule has 2 aromatic carbocycles.